The summed E-state index contributed by atoms with van der Waals surface area (Å²) in [7, 11) is 0. The summed E-state index contributed by atoms with van der Waals surface area (Å²) >= 11 is 0. The van der Waals surface area contributed by atoms with Crippen LogP contribution in [-0.4, -0.2) is 41.8 Å². The summed E-state index contributed by atoms with van der Waals surface area (Å²) in [5.74, 6) is 0.960. The molecule has 1 fully saturated rings. The maximum Gasteiger partial charge on any atom is 0.117 e. The number of aliphatic hydroxyl groups excluding tert-OH is 1. The van der Waals surface area contributed by atoms with Gasteiger partial charge in [-0.3, -0.25) is 4.90 Å². The van der Waals surface area contributed by atoms with Crippen molar-refractivity contribution in [3.8, 4) is 0 Å². The van der Waals surface area contributed by atoms with Crippen LogP contribution in [0, 0.1) is 0 Å². The Labute approximate surface area is 89.9 Å². The first-order valence-corrected chi connectivity index (χ1v) is 5.41. The predicted octanol–water partition coefficient (Wildman–Crippen LogP) is 0.434. The molecule has 84 valence electrons. The molecule has 0 aliphatic carbocycles. The Kier molecular flexibility index (Phi) is 3.41. The van der Waals surface area contributed by atoms with Gasteiger partial charge in [0, 0.05) is 25.2 Å². The van der Waals surface area contributed by atoms with Crippen molar-refractivity contribution >= 4 is 0 Å². The first-order valence-electron chi connectivity index (χ1n) is 5.41. The lowest BCUT2D eigenvalue weighted by molar-refractivity contribution is 0.0510. The molecule has 4 nitrogen and oxygen atoms in total. The van der Waals surface area contributed by atoms with Gasteiger partial charge in [-0.15, -0.1) is 0 Å². The third kappa shape index (κ3) is 2.40. The summed E-state index contributed by atoms with van der Waals surface area (Å²) in [5, 5.41) is 12.6. The number of nitrogens with zero attached hydrogens (tertiary/aromatic N) is 1. The van der Waals surface area contributed by atoms with Crippen molar-refractivity contribution in [1.29, 1.82) is 0 Å². The molecule has 1 aromatic heterocycles. The molecule has 0 bridgehead atoms. The van der Waals surface area contributed by atoms with Crippen molar-refractivity contribution in [2.24, 2.45) is 0 Å². The fourth-order valence-electron chi connectivity index (χ4n) is 2.09. The van der Waals surface area contributed by atoms with E-state index in [1.165, 1.54) is 0 Å². The SMILES string of the molecule is CC1CNCC(CO)N1Cc1ccco1. The normalized spacial score (nSPS) is 28.1. The average Bonchev–Trinajstić information content (AvgIpc) is 2.74. The Hall–Kier alpha value is -0.840. The minimum absolute atomic E-state index is 0.193. The minimum Gasteiger partial charge on any atom is -0.468 e. The molecule has 0 spiro atoms. The minimum atomic E-state index is 0.193. The largest absolute Gasteiger partial charge is 0.468 e. The van der Waals surface area contributed by atoms with Crippen molar-refractivity contribution in [3.05, 3.63) is 24.2 Å². The van der Waals surface area contributed by atoms with Crippen molar-refractivity contribution in [2.75, 3.05) is 19.7 Å². The number of furan rings is 1. The Morgan fingerprint density at radius 3 is 3.13 bits per heavy atom. The Morgan fingerprint density at radius 2 is 2.47 bits per heavy atom. The van der Waals surface area contributed by atoms with Crippen LogP contribution >= 0.6 is 0 Å². The lowest BCUT2D eigenvalue weighted by Gasteiger charge is -2.39. The Balaban J connectivity index is 2.03. The van der Waals surface area contributed by atoms with Gasteiger partial charge in [-0.05, 0) is 19.1 Å². The lowest BCUT2D eigenvalue weighted by atomic mass is 10.1. The first-order chi connectivity index (χ1) is 7.31. The molecule has 2 unspecified atom stereocenters. The van der Waals surface area contributed by atoms with E-state index in [4.69, 9.17) is 4.42 Å². The zero-order valence-corrected chi connectivity index (χ0v) is 9.02. The van der Waals surface area contributed by atoms with E-state index in [1.54, 1.807) is 6.26 Å². The van der Waals surface area contributed by atoms with Crippen LogP contribution in [-0.2, 0) is 6.54 Å². The maximum atomic E-state index is 9.30. The summed E-state index contributed by atoms with van der Waals surface area (Å²) < 4.78 is 5.33. The van der Waals surface area contributed by atoms with Gasteiger partial charge >= 0.3 is 0 Å². The molecule has 1 aliphatic heterocycles. The van der Waals surface area contributed by atoms with E-state index in [2.05, 4.69) is 17.1 Å². The van der Waals surface area contributed by atoms with Gasteiger partial charge in [0.2, 0.25) is 0 Å². The van der Waals surface area contributed by atoms with Gasteiger partial charge in [0.25, 0.3) is 0 Å². The molecule has 2 atom stereocenters. The number of rotatable bonds is 3. The van der Waals surface area contributed by atoms with Crippen molar-refractivity contribution in [3.63, 3.8) is 0 Å². The summed E-state index contributed by atoms with van der Waals surface area (Å²) in [4.78, 5) is 2.29. The second kappa shape index (κ2) is 4.79. The molecule has 0 amide bonds. The third-order valence-corrected chi connectivity index (χ3v) is 2.98. The van der Waals surface area contributed by atoms with Crippen LogP contribution in [0.5, 0.6) is 0 Å². The van der Waals surface area contributed by atoms with Crippen LogP contribution in [0.15, 0.2) is 22.8 Å². The van der Waals surface area contributed by atoms with E-state index in [1.807, 2.05) is 12.1 Å². The molecular formula is C11H18N2O2. The van der Waals surface area contributed by atoms with E-state index in [0.29, 0.717) is 6.04 Å². The quantitative estimate of drug-likeness (QED) is 0.760. The fraction of sp³-hybridized carbons (Fsp3) is 0.636. The average molecular weight is 210 g/mol. The van der Waals surface area contributed by atoms with Crippen molar-refractivity contribution in [1.82, 2.24) is 10.2 Å². The molecule has 0 saturated carbocycles. The molecule has 1 saturated heterocycles. The van der Waals surface area contributed by atoms with Crippen LogP contribution in [0.2, 0.25) is 0 Å². The predicted molar refractivity (Wildman–Crippen MR) is 57.5 cm³/mol. The van der Waals surface area contributed by atoms with Crippen molar-refractivity contribution in [2.45, 2.75) is 25.6 Å². The molecule has 2 N–H and O–H groups in total. The van der Waals surface area contributed by atoms with Gasteiger partial charge in [0.1, 0.15) is 5.76 Å². The number of nitrogens with one attached hydrogen (secondary N) is 1. The summed E-state index contributed by atoms with van der Waals surface area (Å²) in [6.07, 6.45) is 1.69. The molecule has 4 heteroatoms. The number of aliphatic hydroxyl groups is 1. The van der Waals surface area contributed by atoms with Gasteiger partial charge < -0.3 is 14.8 Å². The highest BCUT2D eigenvalue weighted by molar-refractivity contribution is 5.00. The smallest absolute Gasteiger partial charge is 0.117 e. The fourth-order valence-corrected chi connectivity index (χ4v) is 2.09. The van der Waals surface area contributed by atoms with Gasteiger partial charge in [-0.2, -0.15) is 0 Å². The molecule has 1 aromatic rings. The van der Waals surface area contributed by atoms with Gasteiger partial charge in [-0.25, -0.2) is 0 Å². The zero-order valence-electron chi connectivity index (χ0n) is 9.02. The van der Waals surface area contributed by atoms with Crippen LogP contribution < -0.4 is 5.32 Å². The maximum absolute atomic E-state index is 9.30. The Bertz CT molecular complexity index is 287. The number of hydrogen-bond acceptors (Lipinski definition) is 4. The van der Waals surface area contributed by atoms with Crippen LogP contribution in [0.1, 0.15) is 12.7 Å². The molecule has 2 heterocycles. The number of piperazine rings is 1. The molecule has 2 rings (SSSR count). The van der Waals surface area contributed by atoms with E-state index in [9.17, 15) is 5.11 Å². The second-order valence-electron chi connectivity index (χ2n) is 4.10. The number of hydrogen-bond donors (Lipinski definition) is 2. The third-order valence-electron chi connectivity index (χ3n) is 2.98. The Morgan fingerprint density at radius 1 is 1.60 bits per heavy atom. The highest BCUT2D eigenvalue weighted by atomic mass is 16.3. The van der Waals surface area contributed by atoms with E-state index >= 15 is 0 Å². The molecule has 15 heavy (non-hydrogen) atoms. The van der Waals surface area contributed by atoms with Crippen molar-refractivity contribution < 1.29 is 9.52 Å². The topological polar surface area (TPSA) is 48.6 Å². The van der Waals surface area contributed by atoms with E-state index in [0.717, 1.165) is 25.4 Å². The van der Waals surface area contributed by atoms with Gasteiger partial charge in [-0.1, -0.05) is 0 Å². The summed E-state index contributed by atoms with van der Waals surface area (Å²) in [6, 6.07) is 4.50. The summed E-state index contributed by atoms with van der Waals surface area (Å²) in [5.41, 5.74) is 0. The summed E-state index contributed by atoms with van der Waals surface area (Å²) in [6.45, 7) is 4.95. The van der Waals surface area contributed by atoms with Crippen LogP contribution in [0.4, 0.5) is 0 Å². The molecule has 1 aliphatic rings. The monoisotopic (exact) mass is 210 g/mol. The van der Waals surface area contributed by atoms with E-state index < -0.39 is 0 Å². The van der Waals surface area contributed by atoms with E-state index in [-0.39, 0.29) is 12.6 Å². The highest BCUT2D eigenvalue weighted by Gasteiger charge is 2.27. The first kappa shape index (κ1) is 10.7. The molecule has 0 aromatic carbocycles. The molecule has 0 radical (unpaired) electrons. The van der Waals surface area contributed by atoms with Gasteiger partial charge in [0.15, 0.2) is 0 Å². The standard InChI is InChI=1S/C11H18N2O2/c1-9-5-12-6-10(8-14)13(9)7-11-3-2-4-15-11/h2-4,9-10,12,14H,5-8H2,1H3. The lowest BCUT2D eigenvalue weighted by Crippen LogP contribution is -2.57. The second-order valence-corrected chi connectivity index (χ2v) is 4.10. The van der Waals surface area contributed by atoms with Gasteiger partial charge in [0.05, 0.1) is 19.4 Å². The zero-order chi connectivity index (χ0) is 10.7. The van der Waals surface area contributed by atoms with Crippen LogP contribution in [0.3, 0.4) is 0 Å². The highest BCUT2D eigenvalue weighted by Crippen LogP contribution is 2.14. The molecular weight excluding hydrogens is 192 g/mol. The van der Waals surface area contributed by atoms with Crippen LogP contribution in [0.25, 0.3) is 0 Å².